The Balaban J connectivity index is 1.76. The van der Waals surface area contributed by atoms with Gasteiger partial charge in [-0.1, -0.05) is 30.7 Å². The number of aryl methyl sites for hydroxylation is 1. The van der Waals surface area contributed by atoms with Crippen molar-refractivity contribution in [3.63, 3.8) is 0 Å². The van der Waals surface area contributed by atoms with Crippen molar-refractivity contribution >= 4 is 40.2 Å². The van der Waals surface area contributed by atoms with Gasteiger partial charge in [-0.15, -0.1) is 0 Å². The summed E-state index contributed by atoms with van der Waals surface area (Å²) in [5, 5.41) is 3.27. The van der Waals surface area contributed by atoms with Gasteiger partial charge in [0.15, 0.2) is 6.10 Å². The van der Waals surface area contributed by atoms with Crippen LogP contribution in [0.3, 0.4) is 0 Å². The highest BCUT2D eigenvalue weighted by atomic mass is 35.5. The molecule has 0 saturated heterocycles. The minimum atomic E-state index is -0.940. The molecule has 7 heteroatoms. The lowest BCUT2D eigenvalue weighted by Gasteiger charge is -2.17. The van der Waals surface area contributed by atoms with Crippen molar-refractivity contribution in [2.24, 2.45) is 0 Å². The predicted octanol–water partition coefficient (Wildman–Crippen LogP) is 4.17. The van der Waals surface area contributed by atoms with Crippen LogP contribution in [0.5, 0.6) is 0 Å². The Morgan fingerprint density at radius 2 is 1.96 bits per heavy atom. The van der Waals surface area contributed by atoms with Crippen LogP contribution in [-0.4, -0.2) is 27.9 Å². The van der Waals surface area contributed by atoms with Crippen molar-refractivity contribution in [2.75, 3.05) is 5.32 Å². The molecule has 1 heterocycles. The standard InChI is InChI=1S/C20H18ClN3O3/c1-3-17(19(25)24-13-8-7-12(2)15(21)11-13)27-20(26)14-5-4-6-16-18(14)23-10-9-22-16/h4-11,17H,3H2,1-2H3,(H,24,25). The molecule has 27 heavy (non-hydrogen) atoms. The second-order valence-electron chi connectivity index (χ2n) is 5.99. The van der Waals surface area contributed by atoms with Crippen LogP contribution in [0, 0.1) is 6.92 Å². The average molecular weight is 384 g/mol. The molecule has 0 bridgehead atoms. The fourth-order valence-corrected chi connectivity index (χ4v) is 2.75. The molecular formula is C20H18ClN3O3. The molecule has 0 saturated carbocycles. The number of halogens is 1. The third-order valence-electron chi connectivity index (χ3n) is 4.07. The van der Waals surface area contributed by atoms with E-state index in [4.69, 9.17) is 16.3 Å². The fourth-order valence-electron chi connectivity index (χ4n) is 2.57. The fraction of sp³-hybridized carbons (Fsp3) is 0.200. The smallest absolute Gasteiger partial charge is 0.341 e. The van der Waals surface area contributed by atoms with Gasteiger partial charge in [-0.05, 0) is 43.2 Å². The van der Waals surface area contributed by atoms with Crippen molar-refractivity contribution < 1.29 is 14.3 Å². The summed E-state index contributed by atoms with van der Waals surface area (Å²) in [4.78, 5) is 33.5. The van der Waals surface area contributed by atoms with Gasteiger partial charge in [0.2, 0.25) is 0 Å². The molecule has 0 aliphatic rings. The van der Waals surface area contributed by atoms with Crippen LogP contribution in [0.25, 0.3) is 11.0 Å². The van der Waals surface area contributed by atoms with Gasteiger partial charge in [0.25, 0.3) is 5.91 Å². The number of nitrogens with zero attached hydrogens (tertiary/aromatic N) is 2. The molecular weight excluding hydrogens is 366 g/mol. The van der Waals surface area contributed by atoms with E-state index in [1.165, 1.54) is 6.20 Å². The molecule has 1 amide bonds. The third-order valence-corrected chi connectivity index (χ3v) is 4.48. The predicted molar refractivity (Wildman–Crippen MR) is 104 cm³/mol. The molecule has 0 aliphatic carbocycles. The summed E-state index contributed by atoms with van der Waals surface area (Å²) in [6.45, 7) is 3.64. The summed E-state index contributed by atoms with van der Waals surface area (Å²) in [5.41, 5.74) is 2.74. The molecule has 0 radical (unpaired) electrons. The molecule has 6 nitrogen and oxygen atoms in total. The number of amides is 1. The Kier molecular flexibility index (Phi) is 5.66. The number of anilines is 1. The number of hydrogen-bond donors (Lipinski definition) is 1. The number of carbonyl (C=O) groups excluding carboxylic acids is 2. The number of hydrogen-bond acceptors (Lipinski definition) is 5. The first kappa shape index (κ1) is 18.8. The van der Waals surface area contributed by atoms with E-state index in [-0.39, 0.29) is 5.56 Å². The lowest BCUT2D eigenvalue weighted by atomic mass is 10.1. The van der Waals surface area contributed by atoms with E-state index in [2.05, 4.69) is 15.3 Å². The Labute approximate surface area is 161 Å². The second-order valence-corrected chi connectivity index (χ2v) is 6.39. The largest absolute Gasteiger partial charge is 0.449 e. The van der Waals surface area contributed by atoms with E-state index in [1.54, 1.807) is 49.5 Å². The molecule has 0 aliphatic heterocycles. The highest BCUT2D eigenvalue weighted by Crippen LogP contribution is 2.21. The molecule has 1 N–H and O–H groups in total. The van der Waals surface area contributed by atoms with E-state index in [9.17, 15) is 9.59 Å². The SMILES string of the molecule is CCC(OC(=O)c1cccc2nccnc12)C(=O)Nc1ccc(C)c(Cl)c1. The maximum absolute atomic E-state index is 12.6. The van der Waals surface area contributed by atoms with Gasteiger partial charge in [0.05, 0.1) is 11.1 Å². The zero-order chi connectivity index (χ0) is 19.4. The summed E-state index contributed by atoms with van der Waals surface area (Å²) >= 11 is 6.08. The Morgan fingerprint density at radius 3 is 2.70 bits per heavy atom. The van der Waals surface area contributed by atoms with Crippen LogP contribution >= 0.6 is 11.6 Å². The quantitative estimate of drug-likeness (QED) is 0.669. The van der Waals surface area contributed by atoms with Crippen molar-refractivity contribution in [2.45, 2.75) is 26.4 Å². The van der Waals surface area contributed by atoms with E-state index in [1.807, 2.05) is 6.92 Å². The summed E-state index contributed by atoms with van der Waals surface area (Å²) in [7, 11) is 0. The topological polar surface area (TPSA) is 81.2 Å². The Hall–Kier alpha value is -2.99. The van der Waals surface area contributed by atoms with Gasteiger partial charge in [0.1, 0.15) is 5.52 Å². The van der Waals surface area contributed by atoms with Gasteiger partial charge in [-0.3, -0.25) is 14.8 Å². The first-order valence-electron chi connectivity index (χ1n) is 8.47. The van der Waals surface area contributed by atoms with Crippen LogP contribution in [-0.2, 0) is 9.53 Å². The Bertz CT molecular complexity index is 1000. The molecule has 138 valence electrons. The maximum atomic E-state index is 12.6. The van der Waals surface area contributed by atoms with E-state index < -0.39 is 18.0 Å². The molecule has 1 unspecified atom stereocenters. The minimum absolute atomic E-state index is 0.269. The summed E-state index contributed by atoms with van der Waals surface area (Å²) < 4.78 is 5.43. The molecule has 1 aromatic heterocycles. The van der Waals surface area contributed by atoms with Gasteiger partial charge in [-0.2, -0.15) is 0 Å². The summed E-state index contributed by atoms with van der Waals surface area (Å²) in [5.74, 6) is -1.04. The zero-order valence-electron chi connectivity index (χ0n) is 14.9. The minimum Gasteiger partial charge on any atom is -0.449 e. The van der Waals surface area contributed by atoms with E-state index >= 15 is 0 Å². The van der Waals surface area contributed by atoms with Gasteiger partial charge < -0.3 is 10.1 Å². The highest BCUT2D eigenvalue weighted by Gasteiger charge is 2.23. The maximum Gasteiger partial charge on any atom is 0.341 e. The zero-order valence-corrected chi connectivity index (χ0v) is 15.7. The van der Waals surface area contributed by atoms with Crippen molar-refractivity contribution in [3.05, 3.63) is 64.9 Å². The molecule has 0 spiro atoms. The van der Waals surface area contributed by atoms with Crippen LogP contribution in [0.4, 0.5) is 5.69 Å². The van der Waals surface area contributed by atoms with E-state index in [0.29, 0.717) is 28.2 Å². The Morgan fingerprint density at radius 1 is 1.19 bits per heavy atom. The molecule has 0 fully saturated rings. The van der Waals surface area contributed by atoms with Crippen molar-refractivity contribution in [1.29, 1.82) is 0 Å². The van der Waals surface area contributed by atoms with Crippen LogP contribution < -0.4 is 5.32 Å². The number of fused-ring (bicyclic) bond motifs is 1. The average Bonchev–Trinajstić information content (AvgIpc) is 2.68. The van der Waals surface area contributed by atoms with Gasteiger partial charge in [-0.25, -0.2) is 4.79 Å². The van der Waals surface area contributed by atoms with Crippen LogP contribution in [0.1, 0.15) is 29.3 Å². The van der Waals surface area contributed by atoms with Crippen molar-refractivity contribution in [1.82, 2.24) is 9.97 Å². The number of nitrogens with one attached hydrogen (secondary N) is 1. The van der Waals surface area contributed by atoms with Crippen LogP contribution in [0.15, 0.2) is 48.8 Å². The monoisotopic (exact) mass is 383 g/mol. The van der Waals surface area contributed by atoms with Gasteiger partial charge in [0, 0.05) is 23.1 Å². The number of rotatable bonds is 5. The number of ether oxygens (including phenoxy) is 1. The third kappa shape index (κ3) is 4.23. The molecule has 3 rings (SSSR count). The first-order valence-corrected chi connectivity index (χ1v) is 8.85. The number of benzene rings is 2. The molecule has 1 atom stereocenters. The normalized spacial score (nSPS) is 11.8. The lowest BCUT2D eigenvalue weighted by Crippen LogP contribution is -2.32. The van der Waals surface area contributed by atoms with Crippen LogP contribution in [0.2, 0.25) is 5.02 Å². The first-order chi connectivity index (χ1) is 13.0. The number of esters is 1. The summed E-state index contributed by atoms with van der Waals surface area (Å²) in [6.07, 6.45) is 2.44. The number of carbonyl (C=O) groups is 2. The highest BCUT2D eigenvalue weighted by molar-refractivity contribution is 6.31. The van der Waals surface area contributed by atoms with Gasteiger partial charge >= 0.3 is 5.97 Å². The lowest BCUT2D eigenvalue weighted by molar-refractivity contribution is -0.124. The van der Waals surface area contributed by atoms with Crippen molar-refractivity contribution in [3.8, 4) is 0 Å². The van der Waals surface area contributed by atoms with E-state index in [0.717, 1.165) is 5.56 Å². The number of para-hydroxylation sites is 1. The summed E-state index contributed by atoms with van der Waals surface area (Å²) in [6, 6.07) is 10.3. The second kappa shape index (κ2) is 8.14. The molecule has 2 aromatic carbocycles. The molecule has 3 aromatic rings. The number of aromatic nitrogens is 2.